The van der Waals surface area contributed by atoms with E-state index in [1.165, 1.54) is 31.3 Å². The van der Waals surface area contributed by atoms with Gasteiger partial charge in [-0.2, -0.15) is 5.26 Å². The maximum Gasteiger partial charge on any atom is 0.420 e. The number of urea groups is 1. The molecule has 7 nitrogen and oxygen atoms in total. The topological polar surface area (TPSA) is 94.5 Å². The van der Waals surface area contributed by atoms with Crippen LogP contribution in [0.1, 0.15) is 0 Å². The molecular formula is C17H14Cl2N4O3. The summed E-state index contributed by atoms with van der Waals surface area (Å²) in [6.45, 7) is -0.258. The Kier molecular flexibility index (Phi) is 6.67. The van der Waals surface area contributed by atoms with Gasteiger partial charge in [-0.05, 0) is 30.3 Å². The van der Waals surface area contributed by atoms with Crippen LogP contribution in [0.2, 0.25) is 10.0 Å². The number of carbonyl (C=O) groups is 2. The van der Waals surface area contributed by atoms with Crippen LogP contribution in [0.3, 0.4) is 0 Å². The second kappa shape index (κ2) is 8.94. The second-order valence-electron chi connectivity index (χ2n) is 4.97. The Morgan fingerprint density at radius 1 is 1.19 bits per heavy atom. The third-order valence-corrected chi connectivity index (χ3v) is 3.57. The van der Waals surface area contributed by atoms with Crippen molar-refractivity contribution in [3.05, 3.63) is 52.5 Å². The average molecular weight is 393 g/mol. The standard InChI is InChI=1S/C17H14Cl2N4O3/c1-21-16(24)22-13-3-2-4-15(10-13)26-17(25)23(6-5-20)14-8-11(18)7-12(19)9-14/h2-4,7-10H,6H2,1H3,(H2,21,22,24). The van der Waals surface area contributed by atoms with Crippen molar-refractivity contribution in [1.29, 1.82) is 5.26 Å². The Bertz CT molecular complexity index is 847. The largest absolute Gasteiger partial charge is 0.420 e. The van der Waals surface area contributed by atoms with E-state index in [1.54, 1.807) is 18.2 Å². The minimum absolute atomic E-state index is 0.194. The van der Waals surface area contributed by atoms with Gasteiger partial charge in [0.05, 0.1) is 11.8 Å². The molecule has 0 aromatic heterocycles. The summed E-state index contributed by atoms with van der Waals surface area (Å²) >= 11 is 11.9. The van der Waals surface area contributed by atoms with Crippen molar-refractivity contribution in [2.24, 2.45) is 0 Å². The van der Waals surface area contributed by atoms with Gasteiger partial charge in [0.1, 0.15) is 12.3 Å². The van der Waals surface area contributed by atoms with E-state index in [2.05, 4.69) is 10.6 Å². The molecule has 0 saturated carbocycles. The van der Waals surface area contributed by atoms with Crippen LogP contribution < -0.4 is 20.3 Å². The molecule has 2 N–H and O–H groups in total. The Balaban J connectivity index is 2.21. The molecule has 0 aliphatic heterocycles. The number of nitrogens with zero attached hydrogens (tertiary/aromatic N) is 2. The Morgan fingerprint density at radius 2 is 1.88 bits per heavy atom. The minimum Gasteiger partial charge on any atom is -0.410 e. The molecule has 2 rings (SSSR count). The number of benzene rings is 2. The van der Waals surface area contributed by atoms with E-state index < -0.39 is 12.1 Å². The first-order valence-electron chi connectivity index (χ1n) is 7.34. The molecule has 134 valence electrons. The Morgan fingerprint density at radius 3 is 2.50 bits per heavy atom. The number of anilines is 2. The van der Waals surface area contributed by atoms with Gasteiger partial charge in [-0.3, -0.25) is 4.90 Å². The van der Waals surface area contributed by atoms with E-state index in [4.69, 9.17) is 33.2 Å². The molecule has 0 saturated heterocycles. The quantitative estimate of drug-likeness (QED) is 0.759. The zero-order valence-electron chi connectivity index (χ0n) is 13.6. The van der Waals surface area contributed by atoms with Crippen LogP contribution in [0.25, 0.3) is 0 Å². The number of hydrogen-bond donors (Lipinski definition) is 2. The fourth-order valence-corrected chi connectivity index (χ4v) is 2.53. The van der Waals surface area contributed by atoms with Crippen molar-refractivity contribution in [3.8, 4) is 11.8 Å². The van der Waals surface area contributed by atoms with Crippen molar-refractivity contribution in [2.45, 2.75) is 0 Å². The summed E-state index contributed by atoms with van der Waals surface area (Å²) in [4.78, 5) is 24.9. The van der Waals surface area contributed by atoms with Crippen molar-refractivity contribution >= 4 is 46.7 Å². The zero-order chi connectivity index (χ0) is 19.1. The molecule has 3 amide bonds. The van der Waals surface area contributed by atoms with E-state index in [0.717, 1.165) is 4.90 Å². The summed E-state index contributed by atoms with van der Waals surface area (Å²) in [5.41, 5.74) is 0.765. The van der Waals surface area contributed by atoms with Gasteiger partial charge in [0, 0.05) is 28.8 Å². The maximum atomic E-state index is 12.5. The lowest BCUT2D eigenvalue weighted by molar-refractivity contribution is 0.208. The number of halogens is 2. The van der Waals surface area contributed by atoms with Crippen LogP contribution in [-0.2, 0) is 0 Å². The van der Waals surface area contributed by atoms with Crippen LogP contribution in [0.5, 0.6) is 5.75 Å². The van der Waals surface area contributed by atoms with Gasteiger partial charge in [0.25, 0.3) is 0 Å². The lowest BCUT2D eigenvalue weighted by Crippen LogP contribution is -2.34. The molecule has 0 atom stereocenters. The highest BCUT2D eigenvalue weighted by molar-refractivity contribution is 6.35. The minimum atomic E-state index is -0.790. The molecule has 9 heteroatoms. The molecule has 0 spiro atoms. The normalized spacial score (nSPS) is 9.77. The first kappa shape index (κ1) is 19.4. The molecule has 0 fully saturated rings. The van der Waals surface area contributed by atoms with Crippen LogP contribution in [0, 0.1) is 11.3 Å². The fraction of sp³-hybridized carbons (Fsp3) is 0.118. The van der Waals surface area contributed by atoms with Gasteiger partial charge < -0.3 is 15.4 Å². The van der Waals surface area contributed by atoms with Crippen molar-refractivity contribution in [2.75, 3.05) is 23.8 Å². The first-order valence-corrected chi connectivity index (χ1v) is 8.09. The van der Waals surface area contributed by atoms with Crippen molar-refractivity contribution in [1.82, 2.24) is 5.32 Å². The van der Waals surface area contributed by atoms with Gasteiger partial charge in [-0.1, -0.05) is 29.3 Å². The average Bonchev–Trinajstić information content (AvgIpc) is 2.58. The Labute approximate surface area is 160 Å². The van der Waals surface area contributed by atoms with Gasteiger partial charge in [-0.25, -0.2) is 9.59 Å². The predicted molar refractivity (Wildman–Crippen MR) is 100.0 cm³/mol. The van der Waals surface area contributed by atoms with E-state index in [0.29, 0.717) is 21.4 Å². The fourth-order valence-electron chi connectivity index (χ4n) is 2.01. The van der Waals surface area contributed by atoms with Crippen LogP contribution in [0.4, 0.5) is 21.0 Å². The van der Waals surface area contributed by atoms with Crippen LogP contribution >= 0.6 is 23.2 Å². The van der Waals surface area contributed by atoms with Gasteiger partial charge in [-0.15, -0.1) is 0 Å². The third-order valence-electron chi connectivity index (χ3n) is 3.13. The van der Waals surface area contributed by atoms with E-state index >= 15 is 0 Å². The zero-order valence-corrected chi connectivity index (χ0v) is 15.1. The second-order valence-corrected chi connectivity index (χ2v) is 5.84. The summed E-state index contributed by atoms with van der Waals surface area (Å²) in [6, 6.07) is 12.2. The van der Waals surface area contributed by atoms with Gasteiger partial charge in [0.15, 0.2) is 0 Å². The summed E-state index contributed by atoms with van der Waals surface area (Å²) in [5, 5.41) is 14.6. The molecule has 0 bridgehead atoms. The number of ether oxygens (including phenoxy) is 1. The highest BCUT2D eigenvalue weighted by Gasteiger charge is 2.19. The lowest BCUT2D eigenvalue weighted by Gasteiger charge is -2.20. The maximum absolute atomic E-state index is 12.5. The molecule has 26 heavy (non-hydrogen) atoms. The summed E-state index contributed by atoms with van der Waals surface area (Å²) in [7, 11) is 1.48. The molecule has 0 aliphatic carbocycles. The predicted octanol–water partition coefficient (Wildman–Crippen LogP) is 4.27. The molecule has 0 heterocycles. The summed E-state index contributed by atoms with van der Waals surface area (Å²) < 4.78 is 5.30. The van der Waals surface area contributed by atoms with E-state index in [1.807, 2.05) is 6.07 Å². The number of carbonyl (C=O) groups excluding carboxylic acids is 2. The lowest BCUT2D eigenvalue weighted by atomic mass is 10.3. The molecular weight excluding hydrogens is 379 g/mol. The number of amides is 3. The van der Waals surface area contributed by atoms with Crippen molar-refractivity contribution < 1.29 is 14.3 Å². The highest BCUT2D eigenvalue weighted by Crippen LogP contribution is 2.26. The number of hydrogen-bond acceptors (Lipinski definition) is 4. The highest BCUT2D eigenvalue weighted by atomic mass is 35.5. The number of rotatable bonds is 4. The smallest absolute Gasteiger partial charge is 0.410 e. The number of nitriles is 1. The van der Waals surface area contributed by atoms with Gasteiger partial charge in [0.2, 0.25) is 0 Å². The van der Waals surface area contributed by atoms with Crippen molar-refractivity contribution in [3.63, 3.8) is 0 Å². The summed E-state index contributed by atoms with van der Waals surface area (Å²) in [6.07, 6.45) is -0.790. The molecule has 2 aromatic rings. The van der Waals surface area contributed by atoms with Crippen LogP contribution in [0.15, 0.2) is 42.5 Å². The molecule has 2 aromatic carbocycles. The van der Waals surface area contributed by atoms with Gasteiger partial charge >= 0.3 is 12.1 Å². The first-order chi connectivity index (χ1) is 12.4. The third kappa shape index (κ3) is 5.28. The molecule has 0 unspecified atom stereocenters. The van der Waals surface area contributed by atoms with E-state index in [9.17, 15) is 9.59 Å². The van der Waals surface area contributed by atoms with E-state index in [-0.39, 0.29) is 12.3 Å². The number of nitrogens with one attached hydrogen (secondary N) is 2. The Hall–Kier alpha value is -2.95. The molecule has 0 aliphatic rings. The van der Waals surface area contributed by atoms with Crippen LogP contribution in [-0.4, -0.2) is 25.7 Å². The SMILES string of the molecule is CNC(=O)Nc1cccc(OC(=O)N(CC#N)c2cc(Cl)cc(Cl)c2)c1. The monoisotopic (exact) mass is 392 g/mol. The molecule has 0 radical (unpaired) electrons. The summed E-state index contributed by atoms with van der Waals surface area (Å²) in [5.74, 6) is 0.194.